The number of likely N-dealkylation sites (N-methyl/N-ethyl adjacent to an activating group) is 1. The van der Waals surface area contributed by atoms with E-state index in [4.69, 9.17) is 11.6 Å². The van der Waals surface area contributed by atoms with Gasteiger partial charge >= 0.3 is 5.97 Å². The van der Waals surface area contributed by atoms with Crippen LogP contribution in [0, 0.1) is 0 Å². The van der Waals surface area contributed by atoms with E-state index in [-0.39, 0.29) is 24.8 Å². The zero-order valence-corrected chi connectivity index (χ0v) is 14.5. The SMILES string of the molecule is COC(=O)CN(C)C(=O)CC(c1ccccc1)c1cccc(Cl)c1. The van der Waals surface area contributed by atoms with E-state index in [1.165, 1.54) is 12.0 Å². The summed E-state index contributed by atoms with van der Waals surface area (Å²) in [5, 5.41) is 0.629. The lowest BCUT2D eigenvalue weighted by molar-refractivity contribution is -0.146. The minimum absolute atomic E-state index is 0.0631. The Morgan fingerprint density at radius 3 is 2.38 bits per heavy atom. The van der Waals surface area contributed by atoms with Gasteiger partial charge < -0.3 is 9.64 Å². The molecule has 2 aromatic carbocycles. The first kappa shape index (κ1) is 18.0. The summed E-state index contributed by atoms with van der Waals surface area (Å²) in [4.78, 5) is 25.3. The molecule has 2 rings (SSSR count). The molecule has 1 atom stereocenters. The second-order valence-electron chi connectivity index (χ2n) is 5.55. The summed E-state index contributed by atoms with van der Waals surface area (Å²) in [6, 6.07) is 17.3. The molecular formula is C19H20ClNO3. The molecule has 0 fully saturated rings. The van der Waals surface area contributed by atoms with E-state index in [1.54, 1.807) is 13.1 Å². The van der Waals surface area contributed by atoms with Crippen LogP contribution in [0.4, 0.5) is 0 Å². The van der Waals surface area contributed by atoms with Crippen LogP contribution in [0.5, 0.6) is 0 Å². The van der Waals surface area contributed by atoms with Gasteiger partial charge in [0.05, 0.1) is 7.11 Å². The number of carbonyl (C=O) groups excluding carboxylic acids is 2. The first-order valence-electron chi connectivity index (χ1n) is 7.62. The highest BCUT2D eigenvalue weighted by molar-refractivity contribution is 6.30. The largest absolute Gasteiger partial charge is 0.468 e. The van der Waals surface area contributed by atoms with Crippen molar-refractivity contribution in [1.29, 1.82) is 0 Å². The number of halogens is 1. The maximum absolute atomic E-state index is 12.5. The highest BCUT2D eigenvalue weighted by Crippen LogP contribution is 2.30. The Labute approximate surface area is 147 Å². The molecular weight excluding hydrogens is 326 g/mol. The Bertz CT molecular complexity index is 703. The molecule has 2 aromatic rings. The number of ether oxygens (including phenoxy) is 1. The molecule has 0 radical (unpaired) electrons. The summed E-state index contributed by atoms with van der Waals surface area (Å²) in [5.41, 5.74) is 1.99. The molecule has 24 heavy (non-hydrogen) atoms. The highest BCUT2D eigenvalue weighted by Gasteiger charge is 2.22. The van der Waals surface area contributed by atoms with Crippen molar-refractivity contribution in [2.75, 3.05) is 20.7 Å². The van der Waals surface area contributed by atoms with Gasteiger partial charge in [0.15, 0.2) is 0 Å². The van der Waals surface area contributed by atoms with E-state index in [9.17, 15) is 9.59 Å². The molecule has 4 nitrogen and oxygen atoms in total. The van der Waals surface area contributed by atoms with Gasteiger partial charge in [0.25, 0.3) is 0 Å². The van der Waals surface area contributed by atoms with Gasteiger partial charge in [-0.1, -0.05) is 54.1 Å². The molecule has 0 N–H and O–H groups in total. The molecule has 0 saturated heterocycles. The maximum atomic E-state index is 12.5. The van der Waals surface area contributed by atoms with E-state index in [0.29, 0.717) is 5.02 Å². The van der Waals surface area contributed by atoms with Gasteiger partial charge in [-0.05, 0) is 23.3 Å². The maximum Gasteiger partial charge on any atom is 0.325 e. The van der Waals surface area contributed by atoms with Gasteiger partial charge in [-0.15, -0.1) is 0 Å². The zero-order valence-electron chi connectivity index (χ0n) is 13.7. The lowest BCUT2D eigenvalue weighted by Crippen LogP contribution is -2.33. The fourth-order valence-corrected chi connectivity index (χ4v) is 2.71. The zero-order chi connectivity index (χ0) is 17.5. The summed E-state index contributed by atoms with van der Waals surface area (Å²) in [6.45, 7) is -0.0631. The van der Waals surface area contributed by atoms with Crippen LogP contribution < -0.4 is 0 Å². The smallest absolute Gasteiger partial charge is 0.325 e. The third-order valence-electron chi connectivity index (χ3n) is 3.85. The van der Waals surface area contributed by atoms with Gasteiger partial charge in [-0.3, -0.25) is 9.59 Å². The van der Waals surface area contributed by atoms with Crippen LogP contribution in [0.15, 0.2) is 54.6 Å². The molecule has 0 aliphatic carbocycles. The van der Waals surface area contributed by atoms with E-state index in [1.807, 2.05) is 48.5 Å². The Morgan fingerprint density at radius 1 is 1.08 bits per heavy atom. The number of nitrogens with zero attached hydrogens (tertiary/aromatic N) is 1. The predicted molar refractivity (Wildman–Crippen MR) is 94.0 cm³/mol. The second-order valence-corrected chi connectivity index (χ2v) is 5.98. The predicted octanol–water partition coefficient (Wildman–Crippen LogP) is 3.49. The monoisotopic (exact) mass is 345 g/mol. The number of methoxy groups -OCH3 is 1. The molecule has 0 heterocycles. The number of esters is 1. The normalized spacial score (nSPS) is 11.6. The van der Waals surface area contributed by atoms with Crippen LogP contribution in [0.25, 0.3) is 0 Å². The van der Waals surface area contributed by atoms with E-state index in [2.05, 4.69) is 4.74 Å². The van der Waals surface area contributed by atoms with Crippen LogP contribution in [0.1, 0.15) is 23.5 Å². The Morgan fingerprint density at radius 2 is 1.75 bits per heavy atom. The number of benzene rings is 2. The van der Waals surface area contributed by atoms with E-state index < -0.39 is 5.97 Å². The molecule has 0 saturated carbocycles. The lowest BCUT2D eigenvalue weighted by Gasteiger charge is -2.22. The topological polar surface area (TPSA) is 46.6 Å². The van der Waals surface area contributed by atoms with Crippen LogP contribution >= 0.6 is 11.6 Å². The standard InChI is InChI=1S/C19H20ClNO3/c1-21(13-19(23)24-2)18(22)12-17(14-7-4-3-5-8-14)15-9-6-10-16(20)11-15/h3-11,17H,12-13H2,1-2H3. The van der Waals surface area contributed by atoms with Crippen molar-refractivity contribution in [3.8, 4) is 0 Å². The molecule has 0 bridgehead atoms. The van der Waals surface area contributed by atoms with E-state index in [0.717, 1.165) is 11.1 Å². The molecule has 1 unspecified atom stereocenters. The van der Waals surface area contributed by atoms with Crippen LogP contribution in [-0.4, -0.2) is 37.5 Å². The Kier molecular flexibility index (Phi) is 6.38. The summed E-state index contributed by atoms with van der Waals surface area (Å²) in [6.07, 6.45) is 0.248. The van der Waals surface area contributed by atoms with Crippen LogP contribution in [0.2, 0.25) is 5.02 Å². The minimum Gasteiger partial charge on any atom is -0.468 e. The number of amides is 1. The Hall–Kier alpha value is -2.33. The molecule has 0 aliphatic heterocycles. The van der Waals surface area contributed by atoms with Crippen LogP contribution in [-0.2, 0) is 14.3 Å². The van der Waals surface area contributed by atoms with Crippen molar-refractivity contribution in [2.24, 2.45) is 0 Å². The fraction of sp³-hybridized carbons (Fsp3) is 0.263. The number of hydrogen-bond donors (Lipinski definition) is 0. The fourth-order valence-electron chi connectivity index (χ4n) is 2.51. The Balaban J connectivity index is 2.24. The summed E-state index contributed by atoms with van der Waals surface area (Å²) in [7, 11) is 2.90. The minimum atomic E-state index is -0.440. The number of rotatable bonds is 6. The van der Waals surface area contributed by atoms with Crippen LogP contribution in [0.3, 0.4) is 0 Å². The van der Waals surface area contributed by atoms with Gasteiger partial charge in [-0.2, -0.15) is 0 Å². The third kappa shape index (κ3) is 4.83. The molecule has 5 heteroatoms. The first-order valence-corrected chi connectivity index (χ1v) is 8.00. The molecule has 0 aliphatic rings. The average molecular weight is 346 g/mol. The quantitative estimate of drug-likeness (QED) is 0.753. The third-order valence-corrected chi connectivity index (χ3v) is 4.09. The van der Waals surface area contributed by atoms with Gasteiger partial charge in [0, 0.05) is 24.4 Å². The van der Waals surface area contributed by atoms with Gasteiger partial charge in [-0.25, -0.2) is 0 Å². The second kappa shape index (κ2) is 8.50. The number of carbonyl (C=O) groups is 2. The molecule has 1 amide bonds. The van der Waals surface area contributed by atoms with Crippen molar-refractivity contribution >= 4 is 23.5 Å². The molecule has 126 valence electrons. The van der Waals surface area contributed by atoms with Gasteiger partial charge in [0.2, 0.25) is 5.91 Å². The lowest BCUT2D eigenvalue weighted by atomic mass is 9.88. The number of hydrogen-bond acceptors (Lipinski definition) is 3. The van der Waals surface area contributed by atoms with Gasteiger partial charge in [0.1, 0.15) is 6.54 Å². The van der Waals surface area contributed by atoms with E-state index >= 15 is 0 Å². The van der Waals surface area contributed by atoms with Crippen molar-refractivity contribution < 1.29 is 14.3 Å². The average Bonchev–Trinajstić information content (AvgIpc) is 2.59. The summed E-state index contributed by atoms with van der Waals surface area (Å²) >= 11 is 6.11. The first-order chi connectivity index (χ1) is 11.5. The molecule has 0 aromatic heterocycles. The summed E-state index contributed by atoms with van der Waals surface area (Å²) < 4.78 is 4.61. The van der Waals surface area contributed by atoms with Crippen molar-refractivity contribution in [1.82, 2.24) is 4.90 Å². The van der Waals surface area contributed by atoms with Crippen molar-refractivity contribution in [3.63, 3.8) is 0 Å². The van der Waals surface area contributed by atoms with Crippen molar-refractivity contribution in [2.45, 2.75) is 12.3 Å². The highest BCUT2D eigenvalue weighted by atomic mass is 35.5. The summed E-state index contributed by atoms with van der Waals surface area (Å²) in [5.74, 6) is -0.698. The van der Waals surface area contributed by atoms with Crippen molar-refractivity contribution in [3.05, 3.63) is 70.7 Å². The molecule has 0 spiro atoms.